The fourth-order valence-electron chi connectivity index (χ4n) is 3.21. The molecule has 0 radical (unpaired) electrons. The lowest BCUT2D eigenvalue weighted by Gasteiger charge is -2.13. The minimum absolute atomic E-state index is 0.0998. The van der Waals surface area contributed by atoms with Crippen molar-refractivity contribution in [1.29, 1.82) is 0 Å². The lowest BCUT2D eigenvalue weighted by atomic mass is 10.1. The van der Waals surface area contributed by atoms with Gasteiger partial charge in [0, 0.05) is 35.6 Å². The summed E-state index contributed by atoms with van der Waals surface area (Å²) in [6.45, 7) is 0.589. The maximum atomic E-state index is 12.0. The summed E-state index contributed by atoms with van der Waals surface area (Å²) < 4.78 is 22.1. The molecule has 0 atom stereocenters. The van der Waals surface area contributed by atoms with E-state index in [1.807, 2.05) is 36.4 Å². The minimum Gasteiger partial charge on any atom is -0.489 e. The number of carbonyl (C=O) groups excluding carboxylic acids is 2. The van der Waals surface area contributed by atoms with E-state index >= 15 is 0 Å². The molecule has 0 N–H and O–H groups in total. The Kier molecular flexibility index (Phi) is 7.63. The van der Waals surface area contributed by atoms with Crippen LogP contribution in [0.25, 0.3) is 10.8 Å². The molecule has 34 heavy (non-hydrogen) atoms. The molecule has 2 aromatic heterocycles. The number of pyridine rings is 2. The average Bonchev–Trinajstić information content (AvgIpc) is 2.90. The lowest BCUT2D eigenvalue weighted by Crippen LogP contribution is -2.13. The standard InChI is InChI=1S/C26H22N2O6/c29-25(19-5-3-11-27-17-19)33-15-13-31-23-9-1-7-21-22(23)8-2-10-24(21)32-14-16-34-26(30)20-6-4-12-28-18-20/h1-12,17-18H,13-16H2. The molecule has 4 aromatic rings. The Morgan fingerprint density at radius 3 is 1.47 bits per heavy atom. The van der Waals surface area contributed by atoms with Crippen LogP contribution in [0.5, 0.6) is 11.5 Å². The van der Waals surface area contributed by atoms with Crippen LogP contribution in [0.3, 0.4) is 0 Å². The Morgan fingerprint density at radius 1 is 0.588 bits per heavy atom. The molecular formula is C26H22N2O6. The van der Waals surface area contributed by atoms with E-state index < -0.39 is 11.9 Å². The molecule has 0 saturated carbocycles. The Hall–Kier alpha value is -4.46. The molecular weight excluding hydrogens is 436 g/mol. The maximum absolute atomic E-state index is 12.0. The van der Waals surface area contributed by atoms with Crippen LogP contribution in [-0.4, -0.2) is 48.3 Å². The van der Waals surface area contributed by atoms with E-state index in [4.69, 9.17) is 18.9 Å². The van der Waals surface area contributed by atoms with E-state index in [9.17, 15) is 9.59 Å². The van der Waals surface area contributed by atoms with Crippen LogP contribution in [0.1, 0.15) is 20.7 Å². The topological polar surface area (TPSA) is 96.8 Å². The lowest BCUT2D eigenvalue weighted by molar-refractivity contribution is 0.0442. The summed E-state index contributed by atoms with van der Waals surface area (Å²) in [5.74, 6) is 0.385. The zero-order valence-electron chi connectivity index (χ0n) is 18.3. The first kappa shape index (κ1) is 22.7. The predicted octanol–water partition coefficient (Wildman–Crippen LogP) is 4.10. The van der Waals surface area contributed by atoms with Crippen LogP contribution < -0.4 is 9.47 Å². The first-order valence-electron chi connectivity index (χ1n) is 10.6. The molecule has 0 aliphatic heterocycles. The second kappa shape index (κ2) is 11.4. The second-order valence-corrected chi connectivity index (χ2v) is 7.06. The van der Waals surface area contributed by atoms with Crippen LogP contribution in [0.2, 0.25) is 0 Å². The van der Waals surface area contributed by atoms with Gasteiger partial charge >= 0.3 is 11.9 Å². The molecule has 2 aromatic carbocycles. The van der Waals surface area contributed by atoms with E-state index in [-0.39, 0.29) is 26.4 Å². The summed E-state index contributed by atoms with van der Waals surface area (Å²) in [4.78, 5) is 31.8. The largest absolute Gasteiger partial charge is 0.489 e. The van der Waals surface area contributed by atoms with Gasteiger partial charge in [-0.2, -0.15) is 0 Å². The molecule has 0 bridgehead atoms. The second-order valence-electron chi connectivity index (χ2n) is 7.06. The highest BCUT2D eigenvalue weighted by Crippen LogP contribution is 2.32. The Bertz CT molecular complexity index is 1150. The van der Waals surface area contributed by atoms with Crippen molar-refractivity contribution >= 4 is 22.7 Å². The van der Waals surface area contributed by atoms with Gasteiger partial charge in [-0.25, -0.2) is 9.59 Å². The van der Waals surface area contributed by atoms with Gasteiger partial charge in [0.1, 0.15) is 37.9 Å². The summed E-state index contributed by atoms with van der Waals surface area (Å²) in [7, 11) is 0. The van der Waals surface area contributed by atoms with Crippen molar-refractivity contribution in [2.75, 3.05) is 26.4 Å². The van der Waals surface area contributed by atoms with E-state index in [0.29, 0.717) is 22.6 Å². The van der Waals surface area contributed by atoms with Gasteiger partial charge in [-0.05, 0) is 36.4 Å². The number of rotatable bonds is 10. The van der Waals surface area contributed by atoms with Gasteiger partial charge in [0.25, 0.3) is 0 Å². The smallest absolute Gasteiger partial charge is 0.339 e. The zero-order chi connectivity index (χ0) is 23.6. The Morgan fingerprint density at radius 2 is 1.06 bits per heavy atom. The third-order valence-electron chi connectivity index (χ3n) is 4.78. The number of nitrogens with zero attached hydrogens (tertiary/aromatic N) is 2. The van der Waals surface area contributed by atoms with Gasteiger partial charge in [0.15, 0.2) is 0 Å². The first-order valence-corrected chi connectivity index (χ1v) is 10.6. The van der Waals surface area contributed by atoms with Crippen LogP contribution in [0.15, 0.2) is 85.5 Å². The van der Waals surface area contributed by atoms with Crippen molar-refractivity contribution in [3.8, 4) is 11.5 Å². The van der Waals surface area contributed by atoms with Gasteiger partial charge in [-0.15, -0.1) is 0 Å². The van der Waals surface area contributed by atoms with E-state index in [1.54, 1.807) is 36.7 Å². The summed E-state index contributed by atoms with van der Waals surface area (Å²) in [6.07, 6.45) is 6.09. The molecule has 4 rings (SSSR count). The normalized spacial score (nSPS) is 10.5. The molecule has 0 fully saturated rings. The van der Waals surface area contributed by atoms with Gasteiger partial charge in [-0.3, -0.25) is 9.97 Å². The molecule has 0 amide bonds. The summed E-state index contributed by atoms with van der Waals surface area (Å²) >= 11 is 0. The quantitative estimate of drug-likeness (QED) is 0.259. The maximum Gasteiger partial charge on any atom is 0.339 e. The summed E-state index contributed by atoms with van der Waals surface area (Å²) in [6, 6.07) is 17.9. The monoisotopic (exact) mass is 458 g/mol. The summed E-state index contributed by atoms with van der Waals surface area (Å²) in [5, 5.41) is 1.71. The molecule has 2 heterocycles. The molecule has 0 aliphatic carbocycles. The number of carbonyl (C=O) groups is 2. The van der Waals surface area contributed by atoms with Crippen molar-refractivity contribution in [3.05, 3.63) is 96.6 Å². The molecule has 172 valence electrons. The van der Waals surface area contributed by atoms with E-state index in [0.717, 1.165) is 10.8 Å². The molecule has 0 unspecified atom stereocenters. The highest BCUT2D eigenvalue weighted by Gasteiger charge is 2.10. The molecule has 0 spiro atoms. The summed E-state index contributed by atoms with van der Waals surface area (Å²) in [5.41, 5.74) is 0.779. The van der Waals surface area contributed by atoms with Gasteiger partial charge < -0.3 is 18.9 Å². The van der Waals surface area contributed by atoms with Crippen molar-refractivity contribution in [2.24, 2.45) is 0 Å². The highest BCUT2D eigenvalue weighted by molar-refractivity contribution is 5.93. The van der Waals surface area contributed by atoms with Crippen molar-refractivity contribution < 1.29 is 28.5 Å². The van der Waals surface area contributed by atoms with Crippen LogP contribution in [-0.2, 0) is 9.47 Å². The van der Waals surface area contributed by atoms with Crippen molar-refractivity contribution in [3.63, 3.8) is 0 Å². The van der Waals surface area contributed by atoms with Crippen molar-refractivity contribution in [1.82, 2.24) is 9.97 Å². The van der Waals surface area contributed by atoms with Gasteiger partial charge in [0.2, 0.25) is 0 Å². The predicted molar refractivity (Wildman–Crippen MR) is 124 cm³/mol. The molecule has 8 nitrogen and oxygen atoms in total. The number of benzene rings is 2. The number of hydrogen-bond acceptors (Lipinski definition) is 8. The fourth-order valence-corrected chi connectivity index (χ4v) is 3.21. The van der Waals surface area contributed by atoms with E-state index in [1.165, 1.54) is 12.4 Å². The molecule has 8 heteroatoms. The number of aromatic nitrogens is 2. The fraction of sp³-hybridized carbons (Fsp3) is 0.154. The number of ether oxygens (including phenoxy) is 4. The number of hydrogen-bond donors (Lipinski definition) is 0. The van der Waals surface area contributed by atoms with Crippen LogP contribution in [0.4, 0.5) is 0 Å². The first-order chi connectivity index (χ1) is 16.7. The van der Waals surface area contributed by atoms with Crippen LogP contribution in [0, 0.1) is 0 Å². The average molecular weight is 458 g/mol. The molecule has 0 aliphatic rings. The Balaban J connectivity index is 1.30. The number of fused-ring (bicyclic) bond motifs is 1. The van der Waals surface area contributed by atoms with Crippen LogP contribution >= 0.6 is 0 Å². The SMILES string of the molecule is O=C(OCCOc1cccc2c(OCCOC(=O)c3cccnc3)cccc12)c1cccnc1. The number of esters is 2. The third kappa shape index (κ3) is 5.86. The third-order valence-corrected chi connectivity index (χ3v) is 4.78. The van der Waals surface area contributed by atoms with Gasteiger partial charge in [0.05, 0.1) is 11.1 Å². The van der Waals surface area contributed by atoms with Crippen molar-refractivity contribution in [2.45, 2.75) is 0 Å². The Labute approximate surface area is 196 Å². The highest BCUT2D eigenvalue weighted by atomic mass is 16.6. The minimum atomic E-state index is -0.450. The molecule has 0 saturated heterocycles. The van der Waals surface area contributed by atoms with E-state index in [2.05, 4.69) is 9.97 Å². The zero-order valence-corrected chi connectivity index (χ0v) is 18.3. The van der Waals surface area contributed by atoms with Gasteiger partial charge in [-0.1, -0.05) is 24.3 Å².